The lowest BCUT2D eigenvalue weighted by Gasteiger charge is -2.22. The molecule has 2 fully saturated rings. The Kier molecular flexibility index (Phi) is 12.8. The number of carbonyl (C=O) groups is 3. The van der Waals surface area contributed by atoms with Gasteiger partial charge in [-0.05, 0) is 67.7 Å². The van der Waals surface area contributed by atoms with E-state index in [1.54, 1.807) is 11.1 Å². The van der Waals surface area contributed by atoms with Crippen molar-refractivity contribution < 1.29 is 19.5 Å². The monoisotopic (exact) mass is 574 g/mol. The van der Waals surface area contributed by atoms with Crippen LogP contribution in [-0.2, 0) is 14.4 Å². The van der Waals surface area contributed by atoms with Gasteiger partial charge in [0.05, 0.1) is 12.5 Å². The molecule has 224 valence electrons. The fourth-order valence-corrected chi connectivity index (χ4v) is 4.82. The van der Waals surface area contributed by atoms with E-state index in [-0.39, 0.29) is 23.9 Å². The predicted molar refractivity (Wildman–Crippen MR) is 166 cm³/mol. The zero-order valence-corrected chi connectivity index (χ0v) is 24.2. The lowest BCUT2D eigenvalue weighted by molar-refractivity contribution is -0.138. The van der Waals surface area contributed by atoms with Gasteiger partial charge in [-0.3, -0.25) is 19.2 Å². The lowest BCUT2D eigenvalue weighted by Crippen LogP contribution is -2.45. The van der Waals surface area contributed by atoms with Crippen LogP contribution in [0.15, 0.2) is 83.8 Å². The van der Waals surface area contributed by atoms with E-state index in [1.165, 1.54) is 19.3 Å². The van der Waals surface area contributed by atoms with Crippen molar-refractivity contribution in [2.45, 2.75) is 57.9 Å². The topological polar surface area (TPSA) is 146 Å². The minimum Gasteiger partial charge on any atom is -0.481 e. The summed E-state index contributed by atoms with van der Waals surface area (Å²) in [7, 11) is 0. The van der Waals surface area contributed by atoms with Gasteiger partial charge in [0, 0.05) is 23.8 Å². The first-order chi connectivity index (χ1) is 20.3. The van der Waals surface area contributed by atoms with Crippen molar-refractivity contribution >= 4 is 34.2 Å². The number of pyridine rings is 1. The molecule has 9 nitrogen and oxygen atoms in total. The standard InChI is InChI=1S/C13H17N3O2.C11H18O2.C9H7NO/c14-13(18)11-7-4-8-16(11)12(17)9-15-10-5-2-1-3-6-10;1-2-3-4-5-6-7-9-8-10(9)11(12)13;11-9-8-4-2-1-3-7(8)5-6-10-9/h1-3,5-6,11,15H,4,7-9H2,(H2,14,18);6-7,9-10H,2-5,8H2,1H3,(H,12,13);1-6H,(H,10,11)/b;7-6-;. The van der Waals surface area contributed by atoms with Crippen LogP contribution in [0.25, 0.3) is 10.8 Å². The Hall–Kier alpha value is -4.40. The number of hydrogen-bond acceptors (Lipinski definition) is 5. The summed E-state index contributed by atoms with van der Waals surface area (Å²) < 4.78 is 0. The molecule has 1 aromatic heterocycles. The Morgan fingerprint density at radius 3 is 2.48 bits per heavy atom. The second-order valence-corrected chi connectivity index (χ2v) is 10.5. The summed E-state index contributed by atoms with van der Waals surface area (Å²) in [6.45, 7) is 2.99. The molecule has 3 unspecified atom stereocenters. The highest BCUT2D eigenvalue weighted by atomic mass is 16.4. The number of H-pyrrole nitrogens is 1. The number of benzene rings is 2. The highest BCUT2D eigenvalue weighted by molar-refractivity contribution is 5.89. The van der Waals surface area contributed by atoms with Crippen LogP contribution in [0.1, 0.15) is 51.9 Å². The quantitative estimate of drug-likeness (QED) is 0.199. The number of aromatic amines is 1. The molecule has 2 aliphatic rings. The van der Waals surface area contributed by atoms with Gasteiger partial charge in [-0.1, -0.05) is 68.3 Å². The number of hydrogen-bond donors (Lipinski definition) is 4. The molecule has 1 saturated heterocycles. The molecule has 1 aliphatic heterocycles. The number of aromatic nitrogens is 1. The number of primary amides is 1. The van der Waals surface area contributed by atoms with E-state index < -0.39 is 17.9 Å². The second-order valence-electron chi connectivity index (χ2n) is 10.5. The molecule has 2 amide bonds. The molecule has 2 heterocycles. The zero-order valence-electron chi connectivity index (χ0n) is 24.2. The predicted octanol–water partition coefficient (Wildman–Crippen LogP) is 4.95. The first kappa shape index (κ1) is 32.1. The van der Waals surface area contributed by atoms with Gasteiger partial charge in [-0.15, -0.1) is 0 Å². The molecule has 5 N–H and O–H groups in total. The first-order valence-corrected chi connectivity index (χ1v) is 14.7. The van der Waals surface area contributed by atoms with Crippen molar-refractivity contribution in [2.24, 2.45) is 17.6 Å². The van der Waals surface area contributed by atoms with E-state index >= 15 is 0 Å². The number of carbonyl (C=O) groups excluding carboxylic acids is 2. The van der Waals surface area contributed by atoms with Gasteiger partial charge < -0.3 is 26.0 Å². The summed E-state index contributed by atoms with van der Waals surface area (Å²) in [5, 5.41) is 13.4. The summed E-state index contributed by atoms with van der Waals surface area (Å²) >= 11 is 0. The molecule has 0 radical (unpaired) electrons. The van der Waals surface area contributed by atoms with E-state index in [2.05, 4.69) is 29.4 Å². The second kappa shape index (κ2) is 16.8. The first-order valence-electron chi connectivity index (χ1n) is 14.7. The largest absolute Gasteiger partial charge is 0.481 e. The van der Waals surface area contributed by atoms with Crippen molar-refractivity contribution in [3.8, 4) is 0 Å². The molecule has 0 bridgehead atoms. The number of para-hydroxylation sites is 1. The van der Waals surface area contributed by atoms with Gasteiger partial charge in [0.15, 0.2) is 0 Å². The molecule has 3 aromatic rings. The van der Waals surface area contributed by atoms with Crippen LogP contribution in [0.3, 0.4) is 0 Å². The molecule has 9 heteroatoms. The van der Waals surface area contributed by atoms with Gasteiger partial charge in [0.25, 0.3) is 5.56 Å². The molecule has 5 rings (SSSR count). The highest BCUT2D eigenvalue weighted by Crippen LogP contribution is 2.39. The van der Waals surface area contributed by atoms with Gasteiger partial charge in [-0.2, -0.15) is 0 Å². The lowest BCUT2D eigenvalue weighted by atomic mass is 10.2. The van der Waals surface area contributed by atoms with Crippen LogP contribution >= 0.6 is 0 Å². The molecule has 1 saturated carbocycles. The number of rotatable bonds is 10. The fraction of sp³-hybridized carbons (Fsp3) is 0.394. The number of nitrogens with zero attached hydrogens (tertiary/aromatic N) is 1. The Balaban J connectivity index is 0.000000179. The van der Waals surface area contributed by atoms with Gasteiger partial charge in [-0.25, -0.2) is 0 Å². The number of allylic oxidation sites excluding steroid dienone is 2. The zero-order chi connectivity index (χ0) is 30.3. The molecule has 1 aliphatic carbocycles. The highest BCUT2D eigenvalue weighted by Gasteiger charge is 2.40. The van der Waals surface area contributed by atoms with Crippen molar-refractivity contribution in [3.05, 3.63) is 89.4 Å². The van der Waals surface area contributed by atoms with Crippen molar-refractivity contribution in [1.29, 1.82) is 0 Å². The fourth-order valence-electron chi connectivity index (χ4n) is 4.82. The van der Waals surface area contributed by atoms with Crippen LogP contribution in [0.4, 0.5) is 5.69 Å². The van der Waals surface area contributed by atoms with E-state index in [0.717, 1.165) is 35.7 Å². The van der Waals surface area contributed by atoms with Crippen LogP contribution in [-0.4, -0.2) is 51.9 Å². The number of nitrogens with one attached hydrogen (secondary N) is 2. The van der Waals surface area contributed by atoms with Crippen LogP contribution in [0.2, 0.25) is 0 Å². The molecule has 2 aromatic carbocycles. The number of amides is 2. The Labute approximate surface area is 246 Å². The molecule has 3 atom stereocenters. The molecule has 42 heavy (non-hydrogen) atoms. The maximum absolute atomic E-state index is 12.0. The summed E-state index contributed by atoms with van der Waals surface area (Å²) in [6.07, 6.45) is 13.1. The molecule has 0 spiro atoms. The van der Waals surface area contributed by atoms with Gasteiger partial charge in [0.2, 0.25) is 11.8 Å². The minimum atomic E-state index is -0.636. The molecular weight excluding hydrogens is 532 g/mol. The normalized spacial score (nSPS) is 18.9. The number of nitrogens with two attached hydrogens (primary N) is 1. The summed E-state index contributed by atoms with van der Waals surface area (Å²) in [6, 6.07) is 18.5. The average Bonchev–Trinajstić information content (AvgIpc) is 3.61. The summed E-state index contributed by atoms with van der Waals surface area (Å²) in [5.41, 5.74) is 6.14. The summed E-state index contributed by atoms with van der Waals surface area (Å²) in [5.74, 6) is -0.884. The minimum absolute atomic E-state index is 0.0249. The third-order valence-corrected chi connectivity index (χ3v) is 7.32. The van der Waals surface area contributed by atoms with Crippen LogP contribution in [0.5, 0.6) is 0 Å². The van der Waals surface area contributed by atoms with Crippen molar-refractivity contribution in [3.63, 3.8) is 0 Å². The van der Waals surface area contributed by atoms with E-state index in [1.807, 2.05) is 60.7 Å². The van der Waals surface area contributed by atoms with Crippen molar-refractivity contribution in [1.82, 2.24) is 9.88 Å². The number of aliphatic carboxylic acids is 1. The van der Waals surface area contributed by atoms with Crippen LogP contribution in [0, 0.1) is 11.8 Å². The van der Waals surface area contributed by atoms with E-state index in [0.29, 0.717) is 18.9 Å². The van der Waals surface area contributed by atoms with E-state index in [9.17, 15) is 19.2 Å². The number of unbranched alkanes of at least 4 members (excludes halogenated alkanes) is 3. The van der Waals surface area contributed by atoms with Crippen molar-refractivity contribution in [2.75, 3.05) is 18.4 Å². The van der Waals surface area contributed by atoms with Crippen LogP contribution < -0.4 is 16.6 Å². The Morgan fingerprint density at radius 2 is 1.81 bits per heavy atom. The number of carboxylic acid groups (broad SMARTS) is 1. The third kappa shape index (κ3) is 10.2. The smallest absolute Gasteiger partial charge is 0.307 e. The van der Waals surface area contributed by atoms with Gasteiger partial charge in [0.1, 0.15) is 6.04 Å². The number of likely N-dealkylation sites (tertiary alicyclic amines) is 1. The maximum Gasteiger partial charge on any atom is 0.307 e. The summed E-state index contributed by atoms with van der Waals surface area (Å²) in [4.78, 5) is 49.0. The number of anilines is 1. The number of carboxylic acids is 1. The third-order valence-electron chi connectivity index (χ3n) is 7.32. The number of fused-ring (bicyclic) bond motifs is 1. The Bertz CT molecular complexity index is 1380. The van der Waals surface area contributed by atoms with Gasteiger partial charge >= 0.3 is 5.97 Å². The SMILES string of the molecule is CCCCC/C=C\C1CC1C(=O)O.NC(=O)C1CCCN1C(=O)CNc1ccccc1.O=c1[nH]ccc2ccccc12. The maximum atomic E-state index is 12.0. The van der Waals surface area contributed by atoms with E-state index in [4.69, 9.17) is 10.8 Å². The Morgan fingerprint density at radius 1 is 1.07 bits per heavy atom. The average molecular weight is 575 g/mol. The molecular formula is C33H42N4O5.